The lowest BCUT2D eigenvalue weighted by Crippen LogP contribution is -2.68. The van der Waals surface area contributed by atoms with Crippen molar-refractivity contribution < 1.29 is 57.1 Å². The van der Waals surface area contributed by atoms with Crippen molar-refractivity contribution in [1.82, 2.24) is 0 Å². The Bertz CT molecular complexity index is 435. The van der Waals surface area contributed by atoms with E-state index in [2.05, 4.69) is 4.43 Å². The van der Waals surface area contributed by atoms with E-state index in [4.69, 9.17) is 0 Å². The van der Waals surface area contributed by atoms with Crippen LogP contribution in [-0.2, 0) is 4.43 Å². The molecule has 0 aromatic carbocycles. The monoisotopic (exact) mass is 417 g/mol. The van der Waals surface area contributed by atoms with Crippen LogP contribution in [0.3, 0.4) is 0 Å². The molecule has 0 heterocycles. The molecule has 0 amide bonds. The summed E-state index contributed by atoms with van der Waals surface area (Å²) in [6.45, 7) is 1.19. The molecule has 0 saturated carbocycles. The quantitative estimate of drug-likeness (QED) is 0.360. The first kappa shape index (κ1) is 24.3. The predicted octanol–water partition coefficient (Wildman–Crippen LogP) is 5.41. The van der Waals surface area contributed by atoms with Gasteiger partial charge in [-0.25, -0.2) is 13.2 Å². The lowest BCUT2D eigenvalue weighted by atomic mass is 9.98. The Morgan fingerprint density at radius 3 is 1.60 bits per heavy atom. The second-order valence-corrected chi connectivity index (χ2v) is 7.39. The summed E-state index contributed by atoms with van der Waals surface area (Å²) in [7, 11) is -3.65. The average molecular weight is 417 g/mol. The number of alkyl halides is 12. The molecule has 0 spiro atoms. The number of hydrogen-bond acceptors (Lipinski definition) is 1. The van der Waals surface area contributed by atoms with Crippen LogP contribution in [0.5, 0.6) is 0 Å². The summed E-state index contributed by atoms with van der Waals surface area (Å²) < 4.78 is 160. The van der Waals surface area contributed by atoms with E-state index in [1.807, 2.05) is 0 Å². The molecule has 1 nitrogen and oxygen atoms in total. The zero-order chi connectivity index (χ0) is 20.5. The second-order valence-electron chi connectivity index (χ2n) is 5.01. The molecule has 0 N–H and O–H groups in total. The molecule has 151 valence electrons. The van der Waals surface area contributed by atoms with Gasteiger partial charge >= 0.3 is 38.5 Å². The van der Waals surface area contributed by atoms with Gasteiger partial charge in [0, 0.05) is 7.11 Å². The van der Waals surface area contributed by atoms with Gasteiger partial charge in [0.1, 0.15) is 0 Å². The molecule has 0 aromatic rings. The van der Waals surface area contributed by atoms with Gasteiger partial charge in [-0.3, -0.25) is 0 Å². The Morgan fingerprint density at radius 1 is 0.840 bits per heavy atom. The van der Waals surface area contributed by atoms with Gasteiger partial charge in [-0.05, 0) is 6.04 Å². The second kappa shape index (κ2) is 7.52. The molecule has 0 bridgehead atoms. The molecule has 0 fully saturated rings. The summed E-state index contributed by atoms with van der Waals surface area (Å²) in [5.41, 5.74) is -5.81. The highest BCUT2D eigenvalue weighted by Gasteiger charge is 2.84. The maximum Gasteiger partial charge on any atom is 0.392 e. The predicted molar refractivity (Wildman–Crippen MR) is 63.2 cm³/mol. The molecule has 0 saturated heterocycles. The molecule has 14 heteroatoms. The van der Waals surface area contributed by atoms with E-state index in [0.29, 0.717) is 7.11 Å². The average Bonchev–Trinajstić information content (AvgIpc) is 2.41. The molecular weight excluding hydrogens is 404 g/mol. The van der Waals surface area contributed by atoms with Crippen molar-refractivity contribution in [3.8, 4) is 0 Å². The molecule has 1 atom stereocenters. The van der Waals surface area contributed by atoms with Gasteiger partial charge in [-0.2, -0.15) is 39.5 Å². The first-order valence-electron chi connectivity index (χ1n) is 6.52. The number of halogens is 12. The highest BCUT2D eigenvalue weighted by atomic mass is 28.3. The Morgan fingerprint density at radius 2 is 1.28 bits per heavy atom. The van der Waals surface area contributed by atoms with E-state index < -0.39 is 57.2 Å². The third-order valence-electron chi connectivity index (χ3n) is 3.09. The maximum absolute atomic E-state index is 13.7. The minimum atomic E-state index is -7.10. The summed E-state index contributed by atoms with van der Waals surface area (Å²) in [5.74, 6) is -20.7. The molecule has 25 heavy (non-hydrogen) atoms. The Balaban J connectivity index is 5.92. The fourth-order valence-electron chi connectivity index (χ4n) is 1.72. The first-order valence-corrected chi connectivity index (χ1v) is 8.14. The van der Waals surface area contributed by atoms with Gasteiger partial charge in [0.2, 0.25) is 0 Å². The van der Waals surface area contributed by atoms with Crippen LogP contribution in [0.4, 0.5) is 52.7 Å². The van der Waals surface area contributed by atoms with Crippen LogP contribution >= 0.6 is 0 Å². The molecule has 1 radical (unpaired) electrons. The maximum atomic E-state index is 13.7. The normalized spacial score (nSPS) is 16.4. The van der Waals surface area contributed by atoms with Crippen LogP contribution in [0.1, 0.15) is 19.8 Å². The smallest absolute Gasteiger partial charge is 0.392 e. The first-order chi connectivity index (χ1) is 10.9. The van der Waals surface area contributed by atoms with Gasteiger partial charge in [-0.1, -0.05) is 13.3 Å². The summed E-state index contributed by atoms with van der Waals surface area (Å²) >= 11 is 0. The van der Waals surface area contributed by atoms with Gasteiger partial charge in [0.05, 0.1) is 6.42 Å². The topological polar surface area (TPSA) is 9.23 Å². The standard InChI is InChI=1S/C11H13F12OSi/c1-3-4-25(24-2)11(22,23)10(20,21)9(18,19)8(16,17)6(12)5-7(13,14)15/h6H,3-5H2,1-2H3. The van der Waals surface area contributed by atoms with Gasteiger partial charge in [0.15, 0.2) is 6.17 Å². The molecule has 0 aliphatic carbocycles. The van der Waals surface area contributed by atoms with Crippen LogP contribution in [-0.4, -0.2) is 51.8 Å². The molecule has 0 aliphatic rings. The van der Waals surface area contributed by atoms with Crippen molar-refractivity contribution in [3.63, 3.8) is 0 Å². The number of hydrogen-bond donors (Lipinski definition) is 0. The minimum Gasteiger partial charge on any atom is -0.414 e. The molecule has 1 unspecified atom stereocenters. The van der Waals surface area contributed by atoms with E-state index in [0.717, 1.165) is 0 Å². The van der Waals surface area contributed by atoms with Crippen molar-refractivity contribution in [2.75, 3.05) is 7.11 Å². The van der Waals surface area contributed by atoms with E-state index in [1.165, 1.54) is 6.92 Å². The fourth-order valence-corrected chi connectivity index (χ4v) is 3.46. The highest BCUT2D eigenvalue weighted by Crippen LogP contribution is 2.56. The van der Waals surface area contributed by atoms with Crippen molar-refractivity contribution in [3.05, 3.63) is 0 Å². The summed E-state index contributed by atoms with van der Waals surface area (Å²) in [5, 5.41) is 0. The fraction of sp³-hybridized carbons (Fsp3) is 1.00. The van der Waals surface area contributed by atoms with E-state index in [9.17, 15) is 52.7 Å². The Labute approximate surface area is 136 Å². The third kappa shape index (κ3) is 4.55. The van der Waals surface area contributed by atoms with Crippen LogP contribution in [0, 0.1) is 0 Å². The summed E-state index contributed by atoms with van der Waals surface area (Å²) in [6, 6.07) is -0.854. The van der Waals surface area contributed by atoms with E-state index in [1.54, 1.807) is 0 Å². The van der Waals surface area contributed by atoms with Gasteiger partial charge < -0.3 is 4.43 Å². The SMILES string of the molecule is CCC[Si](OC)C(F)(F)C(F)(F)C(F)(F)C(F)(F)C(F)CC(F)(F)F. The zero-order valence-corrected chi connectivity index (χ0v) is 13.6. The molecule has 0 aliphatic heterocycles. The third-order valence-corrected chi connectivity index (χ3v) is 5.55. The lowest BCUT2D eigenvalue weighted by molar-refractivity contribution is -0.365. The highest BCUT2D eigenvalue weighted by molar-refractivity contribution is 6.55. The van der Waals surface area contributed by atoms with E-state index >= 15 is 0 Å². The Kier molecular flexibility index (Phi) is 7.33. The number of rotatable bonds is 9. The van der Waals surface area contributed by atoms with E-state index in [-0.39, 0.29) is 6.42 Å². The molecule has 0 aromatic heterocycles. The van der Waals surface area contributed by atoms with Crippen LogP contribution < -0.4 is 0 Å². The molecular formula is C11H13F12OSi. The zero-order valence-electron chi connectivity index (χ0n) is 12.6. The van der Waals surface area contributed by atoms with Crippen LogP contribution in [0.25, 0.3) is 0 Å². The van der Waals surface area contributed by atoms with Crippen LogP contribution in [0.2, 0.25) is 6.04 Å². The summed E-state index contributed by atoms with van der Waals surface area (Å²) in [4.78, 5) is 0. The van der Waals surface area contributed by atoms with Crippen LogP contribution in [0.15, 0.2) is 0 Å². The summed E-state index contributed by atoms with van der Waals surface area (Å²) in [6.07, 6.45) is -14.1. The van der Waals surface area contributed by atoms with Crippen molar-refractivity contribution in [2.45, 2.75) is 61.5 Å². The van der Waals surface area contributed by atoms with Gasteiger partial charge in [-0.15, -0.1) is 0 Å². The lowest BCUT2D eigenvalue weighted by Gasteiger charge is -2.39. The largest absolute Gasteiger partial charge is 0.414 e. The Hall–Kier alpha value is -0.663. The minimum absolute atomic E-state index is 0.254. The molecule has 0 rings (SSSR count). The van der Waals surface area contributed by atoms with Crippen molar-refractivity contribution >= 4 is 9.04 Å². The van der Waals surface area contributed by atoms with Crippen molar-refractivity contribution in [2.24, 2.45) is 0 Å². The van der Waals surface area contributed by atoms with Crippen molar-refractivity contribution in [1.29, 1.82) is 0 Å². The van der Waals surface area contributed by atoms with Gasteiger partial charge in [0.25, 0.3) is 0 Å².